The minimum absolute atomic E-state index is 0.0827. The van der Waals surface area contributed by atoms with Crippen molar-refractivity contribution in [1.29, 1.82) is 0 Å². The van der Waals surface area contributed by atoms with Gasteiger partial charge in [-0.05, 0) is 68.4 Å². The van der Waals surface area contributed by atoms with Crippen molar-refractivity contribution in [3.05, 3.63) is 82.3 Å². The second-order valence-corrected chi connectivity index (χ2v) is 9.61. The highest BCUT2D eigenvalue weighted by Gasteiger charge is 2.27. The fraction of sp³-hybridized carbons (Fsp3) is 0.174. The lowest BCUT2D eigenvalue weighted by Crippen LogP contribution is -2.38. The molecular weight excluding hydrogens is 471 g/mol. The van der Waals surface area contributed by atoms with Gasteiger partial charge >= 0.3 is 0 Å². The predicted octanol–water partition coefficient (Wildman–Crippen LogP) is 5.53. The van der Waals surface area contributed by atoms with E-state index in [2.05, 4.69) is 5.32 Å². The Labute approximate surface area is 197 Å². The molecule has 0 heterocycles. The van der Waals surface area contributed by atoms with Crippen molar-refractivity contribution < 1.29 is 17.9 Å². The molecule has 3 rings (SSSR count). The average molecular weight is 493 g/mol. The minimum atomic E-state index is -4.01. The smallest absolute Gasteiger partial charge is 0.264 e. The van der Waals surface area contributed by atoms with Gasteiger partial charge in [0.05, 0.1) is 27.2 Å². The second kappa shape index (κ2) is 10.3. The van der Waals surface area contributed by atoms with Gasteiger partial charge in [0.25, 0.3) is 10.0 Å². The van der Waals surface area contributed by atoms with Crippen LogP contribution in [-0.4, -0.2) is 27.5 Å². The number of carbonyl (C=O) groups is 1. The molecule has 0 saturated carbocycles. The number of ether oxygens (including phenoxy) is 1. The Hall–Kier alpha value is -2.74. The first-order chi connectivity index (χ1) is 15.2. The van der Waals surface area contributed by atoms with Gasteiger partial charge in [-0.25, -0.2) is 8.42 Å². The Balaban J connectivity index is 1.93. The van der Waals surface area contributed by atoms with Gasteiger partial charge in [0.2, 0.25) is 5.91 Å². The van der Waals surface area contributed by atoms with Gasteiger partial charge < -0.3 is 10.1 Å². The molecule has 0 saturated heterocycles. The maximum atomic E-state index is 13.4. The number of aryl methyl sites for hydroxylation is 1. The Bertz CT molecular complexity index is 1200. The van der Waals surface area contributed by atoms with E-state index in [-0.39, 0.29) is 9.92 Å². The largest absolute Gasteiger partial charge is 0.494 e. The Morgan fingerprint density at radius 1 is 0.969 bits per heavy atom. The van der Waals surface area contributed by atoms with Crippen molar-refractivity contribution in [2.75, 3.05) is 22.8 Å². The van der Waals surface area contributed by atoms with Crippen LogP contribution in [0, 0.1) is 6.92 Å². The summed E-state index contributed by atoms with van der Waals surface area (Å²) in [6.07, 6.45) is 0. The number of sulfonamides is 1. The lowest BCUT2D eigenvalue weighted by molar-refractivity contribution is -0.114. The van der Waals surface area contributed by atoms with Crippen LogP contribution in [0.15, 0.2) is 71.6 Å². The van der Waals surface area contributed by atoms with Gasteiger partial charge in [0.1, 0.15) is 12.3 Å². The molecule has 32 heavy (non-hydrogen) atoms. The van der Waals surface area contributed by atoms with Crippen LogP contribution in [0.2, 0.25) is 10.0 Å². The first-order valence-corrected chi connectivity index (χ1v) is 12.0. The molecule has 1 N–H and O–H groups in total. The zero-order valence-electron chi connectivity index (χ0n) is 17.5. The van der Waals surface area contributed by atoms with Gasteiger partial charge in [0.15, 0.2) is 0 Å². The molecule has 3 aromatic rings. The fourth-order valence-corrected chi connectivity index (χ4v) is 4.65. The maximum absolute atomic E-state index is 13.4. The van der Waals surface area contributed by atoms with Crippen LogP contribution >= 0.6 is 23.2 Å². The Kier molecular flexibility index (Phi) is 7.66. The van der Waals surface area contributed by atoms with E-state index in [0.717, 1.165) is 9.87 Å². The molecular formula is C23H22Cl2N2O4S. The molecule has 0 aliphatic heterocycles. The molecule has 0 radical (unpaired) electrons. The number of hydrogen-bond donors (Lipinski definition) is 1. The highest BCUT2D eigenvalue weighted by atomic mass is 35.5. The third-order valence-electron chi connectivity index (χ3n) is 4.54. The zero-order valence-corrected chi connectivity index (χ0v) is 19.8. The van der Waals surface area contributed by atoms with Gasteiger partial charge in [-0.2, -0.15) is 0 Å². The first kappa shape index (κ1) is 23.9. The summed E-state index contributed by atoms with van der Waals surface area (Å²) in [4.78, 5) is 12.9. The standard InChI is InChI=1S/C23H22Cl2N2O4S/c1-3-31-19-9-7-18(8-10-19)27(32(29,30)20-11-4-16(2)5-12-20)15-23(28)26-17-6-13-21(24)22(25)14-17/h4-14H,3,15H2,1-2H3,(H,26,28). The van der Waals surface area contributed by atoms with Gasteiger partial charge in [0, 0.05) is 5.69 Å². The van der Waals surface area contributed by atoms with E-state index in [0.29, 0.717) is 28.8 Å². The summed E-state index contributed by atoms with van der Waals surface area (Å²) in [5, 5.41) is 3.29. The van der Waals surface area contributed by atoms with E-state index in [9.17, 15) is 13.2 Å². The fourth-order valence-electron chi connectivity index (χ4n) is 2.93. The number of rotatable bonds is 8. The normalized spacial score (nSPS) is 11.1. The molecule has 0 fully saturated rings. The molecule has 168 valence electrons. The number of benzene rings is 3. The number of amides is 1. The van der Waals surface area contributed by atoms with Crippen LogP contribution in [0.4, 0.5) is 11.4 Å². The molecule has 9 heteroatoms. The number of hydrogen-bond acceptors (Lipinski definition) is 4. The lowest BCUT2D eigenvalue weighted by atomic mass is 10.2. The van der Waals surface area contributed by atoms with Crippen molar-refractivity contribution >= 4 is 50.5 Å². The second-order valence-electron chi connectivity index (χ2n) is 6.93. The first-order valence-electron chi connectivity index (χ1n) is 9.78. The lowest BCUT2D eigenvalue weighted by Gasteiger charge is -2.24. The van der Waals surface area contributed by atoms with Crippen LogP contribution in [0.5, 0.6) is 5.75 Å². The SMILES string of the molecule is CCOc1ccc(N(CC(=O)Nc2ccc(Cl)c(Cl)c2)S(=O)(=O)c2ccc(C)cc2)cc1. The van der Waals surface area contributed by atoms with Crippen LogP contribution in [0.3, 0.4) is 0 Å². The summed E-state index contributed by atoms with van der Waals surface area (Å²) >= 11 is 11.9. The highest BCUT2D eigenvalue weighted by Crippen LogP contribution is 2.27. The minimum Gasteiger partial charge on any atom is -0.494 e. The number of nitrogens with one attached hydrogen (secondary N) is 1. The topological polar surface area (TPSA) is 75.7 Å². The number of anilines is 2. The number of carbonyl (C=O) groups excluding carboxylic acids is 1. The predicted molar refractivity (Wildman–Crippen MR) is 128 cm³/mol. The van der Waals surface area contributed by atoms with Gasteiger partial charge in [-0.3, -0.25) is 9.10 Å². The van der Waals surface area contributed by atoms with E-state index >= 15 is 0 Å². The molecule has 0 aromatic heterocycles. The number of halogens is 2. The molecule has 6 nitrogen and oxygen atoms in total. The molecule has 1 amide bonds. The highest BCUT2D eigenvalue weighted by molar-refractivity contribution is 7.92. The molecule has 0 spiro atoms. The van der Waals surface area contributed by atoms with Crippen molar-refractivity contribution in [1.82, 2.24) is 0 Å². The van der Waals surface area contributed by atoms with E-state index in [1.807, 2.05) is 13.8 Å². The summed E-state index contributed by atoms with van der Waals surface area (Å²) in [7, 11) is -4.01. The molecule has 3 aromatic carbocycles. The van der Waals surface area contributed by atoms with E-state index < -0.39 is 22.5 Å². The quantitative estimate of drug-likeness (QED) is 0.448. The van der Waals surface area contributed by atoms with E-state index in [1.54, 1.807) is 48.5 Å². The summed E-state index contributed by atoms with van der Waals surface area (Å²) in [6.45, 7) is 3.77. The summed E-state index contributed by atoms with van der Waals surface area (Å²) in [6, 6.07) is 17.6. The molecule has 0 atom stereocenters. The van der Waals surface area contributed by atoms with E-state index in [4.69, 9.17) is 27.9 Å². The third kappa shape index (κ3) is 5.73. The Morgan fingerprint density at radius 2 is 1.62 bits per heavy atom. The summed E-state index contributed by atoms with van der Waals surface area (Å²) in [5.74, 6) is 0.0668. The average Bonchev–Trinajstić information content (AvgIpc) is 2.76. The van der Waals surface area contributed by atoms with Crippen LogP contribution in [0.25, 0.3) is 0 Å². The van der Waals surface area contributed by atoms with E-state index in [1.165, 1.54) is 18.2 Å². The van der Waals surface area contributed by atoms with Gasteiger partial charge in [-0.15, -0.1) is 0 Å². The van der Waals surface area contributed by atoms with Crippen molar-refractivity contribution in [2.24, 2.45) is 0 Å². The van der Waals surface area contributed by atoms with Crippen LogP contribution in [0.1, 0.15) is 12.5 Å². The molecule has 0 aliphatic rings. The van der Waals surface area contributed by atoms with Gasteiger partial charge in [-0.1, -0.05) is 40.9 Å². The zero-order chi connectivity index (χ0) is 23.3. The van der Waals surface area contributed by atoms with Crippen molar-refractivity contribution in [3.8, 4) is 5.75 Å². The van der Waals surface area contributed by atoms with Crippen LogP contribution in [-0.2, 0) is 14.8 Å². The Morgan fingerprint density at radius 3 is 2.22 bits per heavy atom. The van der Waals surface area contributed by atoms with Crippen molar-refractivity contribution in [2.45, 2.75) is 18.7 Å². The number of nitrogens with zero attached hydrogens (tertiary/aromatic N) is 1. The summed E-state index contributed by atoms with van der Waals surface area (Å²) in [5.41, 5.74) is 1.66. The maximum Gasteiger partial charge on any atom is 0.264 e. The van der Waals surface area contributed by atoms with Crippen LogP contribution < -0.4 is 14.4 Å². The molecule has 0 aliphatic carbocycles. The molecule has 0 bridgehead atoms. The molecule has 0 unspecified atom stereocenters. The third-order valence-corrected chi connectivity index (χ3v) is 7.06. The van der Waals surface area contributed by atoms with Crippen molar-refractivity contribution in [3.63, 3.8) is 0 Å². The summed E-state index contributed by atoms with van der Waals surface area (Å²) < 4.78 is 33.3. The monoisotopic (exact) mass is 492 g/mol.